The number of amides is 5. The average Bonchev–Trinajstić information content (AvgIpc) is 3.05. The number of ketones is 1. The van der Waals surface area contributed by atoms with E-state index < -0.39 is 52.7 Å². The van der Waals surface area contributed by atoms with Crippen LogP contribution in [0.3, 0.4) is 0 Å². The molecule has 5 amide bonds. The van der Waals surface area contributed by atoms with Gasteiger partial charge in [-0.1, -0.05) is 67.2 Å². The average molecular weight is 588 g/mol. The lowest BCUT2D eigenvalue weighted by Gasteiger charge is -2.37. The maximum absolute atomic E-state index is 14.5. The SMILES string of the molecule is CC1C(C(=O)NC(CC2CCC2)C(=O)C(N)=O)N(C(=O)C(NC(=O)NC(C)(C)C)C(C)(C)C)CC12C(C)(C)C21CCC1. The Bertz CT molecular complexity index is 1140. The van der Waals surface area contributed by atoms with Crippen molar-refractivity contribution in [2.24, 2.45) is 39.2 Å². The van der Waals surface area contributed by atoms with Gasteiger partial charge < -0.3 is 26.6 Å². The number of nitrogens with one attached hydrogen (secondary N) is 3. The van der Waals surface area contributed by atoms with Crippen molar-refractivity contribution in [1.82, 2.24) is 20.9 Å². The van der Waals surface area contributed by atoms with Crippen molar-refractivity contribution in [3.8, 4) is 0 Å². The molecule has 3 aliphatic carbocycles. The number of carbonyl (C=O) groups excluding carboxylic acids is 5. The van der Waals surface area contributed by atoms with E-state index in [4.69, 9.17) is 5.73 Å². The van der Waals surface area contributed by atoms with Crippen molar-refractivity contribution < 1.29 is 24.0 Å². The second-order valence-corrected chi connectivity index (χ2v) is 16.2. The van der Waals surface area contributed by atoms with E-state index in [0.717, 1.165) is 38.5 Å². The van der Waals surface area contributed by atoms with Crippen LogP contribution >= 0.6 is 0 Å². The quantitative estimate of drug-likeness (QED) is 0.322. The fraction of sp³-hybridized carbons (Fsp3) is 0.844. The molecular weight excluding hydrogens is 534 g/mol. The molecule has 1 aliphatic heterocycles. The Morgan fingerprint density at radius 2 is 1.55 bits per heavy atom. The zero-order chi connectivity index (χ0) is 31.6. The highest BCUT2D eigenvalue weighted by Gasteiger charge is 2.87. The largest absolute Gasteiger partial charge is 0.363 e. The number of Topliss-reactive ketones (excluding diaryl/α,β-unsaturated/α-hetero) is 1. The third-order valence-corrected chi connectivity index (χ3v) is 11.4. The molecule has 2 spiro atoms. The van der Waals surface area contributed by atoms with Crippen molar-refractivity contribution in [2.75, 3.05) is 6.54 Å². The van der Waals surface area contributed by atoms with Crippen LogP contribution in [-0.2, 0) is 19.2 Å². The normalized spacial score (nSPS) is 29.2. The number of likely N-dealkylation sites (tertiary alicyclic amines) is 1. The van der Waals surface area contributed by atoms with Gasteiger partial charge in [-0.3, -0.25) is 19.2 Å². The minimum Gasteiger partial charge on any atom is -0.363 e. The van der Waals surface area contributed by atoms with Gasteiger partial charge in [-0.2, -0.15) is 0 Å². The number of fused-ring (bicyclic) bond motifs is 1. The molecule has 5 unspecified atom stereocenters. The second-order valence-electron chi connectivity index (χ2n) is 16.2. The van der Waals surface area contributed by atoms with Gasteiger partial charge in [-0.05, 0) is 68.1 Å². The molecule has 4 fully saturated rings. The fourth-order valence-corrected chi connectivity index (χ4v) is 8.83. The molecule has 0 aromatic carbocycles. The molecule has 0 bridgehead atoms. The molecule has 10 heteroatoms. The Hall–Kier alpha value is -2.65. The summed E-state index contributed by atoms with van der Waals surface area (Å²) >= 11 is 0. The van der Waals surface area contributed by atoms with Crippen molar-refractivity contribution in [3.63, 3.8) is 0 Å². The molecular formula is C32H53N5O5. The molecule has 0 aromatic heterocycles. The van der Waals surface area contributed by atoms with Crippen molar-refractivity contribution in [3.05, 3.63) is 0 Å². The Kier molecular flexibility index (Phi) is 8.07. The van der Waals surface area contributed by atoms with Crippen LogP contribution < -0.4 is 21.7 Å². The molecule has 0 aromatic rings. The molecule has 1 saturated heterocycles. The van der Waals surface area contributed by atoms with Gasteiger partial charge in [0.15, 0.2) is 0 Å². The first-order chi connectivity index (χ1) is 19.2. The molecule has 4 rings (SSSR count). The van der Waals surface area contributed by atoms with Gasteiger partial charge in [0, 0.05) is 17.5 Å². The first kappa shape index (κ1) is 32.3. The van der Waals surface area contributed by atoms with Gasteiger partial charge in [0.1, 0.15) is 12.1 Å². The van der Waals surface area contributed by atoms with Crippen LogP contribution in [0.1, 0.15) is 107 Å². The van der Waals surface area contributed by atoms with E-state index in [1.54, 1.807) is 4.90 Å². The Balaban J connectivity index is 1.68. The summed E-state index contributed by atoms with van der Waals surface area (Å²) in [5.74, 6) is -2.56. The monoisotopic (exact) mass is 587 g/mol. The number of carbonyl (C=O) groups is 5. The van der Waals surface area contributed by atoms with Gasteiger partial charge in [-0.25, -0.2) is 4.79 Å². The highest BCUT2D eigenvalue weighted by Crippen LogP contribution is 2.89. The van der Waals surface area contributed by atoms with Gasteiger partial charge in [0.25, 0.3) is 5.91 Å². The van der Waals surface area contributed by atoms with Crippen LogP contribution in [0.5, 0.6) is 0 Å². The molecule has 1 heterocycles. The van der Waals surface area contributed by atoms with Crippen molar-refractivity contribution >= 4 is 29.5 Å². The number of nitrogens with two attached hydrogens (primary N) is 1. The van der Waals surface area contributed by atoms with Gasteiger partial charge in [0.05, 0.1) is 6.04 Å². The van der Waals surface area contributed by atoms with Crippen molar-refractivity contribution in [1.29, 1.82) is 0 Å². The molecule has 10 nitrogen and oxygen atoms in total. The third-order valence-electron chi connectivity index (χ3n) is 11.4. The van der Waals surface area contributed by atoms with E-state index >= 15 is 0 Å². The summed E-state index contributed by atoms with van der Waals surface area (Å²) in [7, 11) is 0. The minimum absolute atomic E-state index is 0.0512. The summed E-state index contributed by atoms with van der Waals surface area (Å²) < 4.78 is 0. The van der Waals surface area contributed by atoms with Crippen molar-refractivity contribution in [2.45, 2.75) is 131 Å². The second kappa shape index (κ2) is 10.5. The van der Waals surface area contributed by atoms with Gasteiger partial charge >= 0.3 is 6.03 Å². The van der Waals surface area contributed by atoms with E-state index in [1.165, 1.54) is 0 Å². The Morgan fingerprint density at radius 3 is 1.95 bits per heavy atom. The number of nitrogens with zero attached hydrogens (tertiary/aromatic N) is 1. The smallest absolute Gasteiger partial charge is 0.315 e. The number of urea groups is 1. The van der Waals surface area contributed by atoms with Crippen LogP contribution in [0.25, 0.3) is 0 Å². The highest BCUT2D eigenvalue weighted by molar-refractivity contribution is 6.37. The predicted molar refractivity (Wildman–Crippen MR) is 160 cm³/mol. The summed E-state index contributed by atoms with van der Waals surface area (Å²) in [5, 5.41) is 8.67. The number of hydrogen-bond acceptors (Lipinski definition) is 5. The lowest BCUT2D eigenvalue weighted by atomic mass is 9.71. The number of primary amides is 1. The summed E-state index contributed by atoms with van der Waals surface area (Å²) in [6.45, 7) is 18.2. The summed E-state index contributed by atoms with van der Waals surface area (Å²) in [6, 6.07) is -3.21. The first-order valence-corrected chi connectivity index (χ1v) is 15.7. The molecule has 5 atom stereocenters. The maximum Gasteiger partial charge on any atom is 0.315 e. The van der Waals surface area contributed by atoms with Gasteiger partial charge in [-0.15, -0.1) is 0 Å². The Labute approximate surface area is 251 Å². The van der Waals surface area contributed by atoms with E-state index in [1.807, 2.05) is 41.5 Å². The molecule has 4 aliphatic rings. The lowest BCUT2D eigenvalue weighted by molar-refractivity contribution is -0.144. The first-order valence-electron chi connectivity index (χ1n) is 15.7. The Morgan fingerprint density at radius 1 is 0.952 bits per heavy atom. The summed E-state index contributed by atoms with van der Waals surface area (Å²) in [5.41, 5.74) is 3.95. The van der Waals surface area contributed by atoms with Crippen LogP contribution in [0.4, 0.5) is 4.79 Å². The summed E-state index contributed by atoms with van der Waals surface area (Å²) in [6.07, 6.45) is 6.54. The predicted octanol–water partition coefficient (Wildman–Crippen LogP) is 3.27. The zero-order valence-electron chi connectivity index (χ0n) is 27.1. The van der Waals surface area contributed by atoms with E-state index in [-0.39, 0.29) is 34.0 Å². The fourth-order valence-electron chi connectivity index (χ4n) is 8.83. The van der Waals surface area contributed by atoms with Crippen LogP contribution in [0, 0.1) is 33.5 Å². The third kappa shape index (κ3) is 5.10. The molecule has 42 heavy (non-hydrogen) atoms. The highest BCUT2D eigenvalue weighted by atomic mass is 16.2. The van der Waals surface area contributed by atoms with E-state index in [9.17, 15) is 24.0 Å². The number of rotatable bonds is 8. The van der Waals surface area contributed by atoms with Crippen LogP contribution in [-0.4, -0.2) is 64.6 Å². The molecule has 5 N–H and O–H groups in total. The lowest BCUT2D eigenvalue weighted by Crippen LogP contribution is -2.61. The zero-order valence-corrected chi connectivity index (χ0v) is 27.1. The number of hydrogen-bond donors (Lipinski definition) is 4. The molecule has 3 saturated carbocycles. The van der Waals surface area contributed by atoms with Crippen LogP contribution in [0.2, 0.25) is 0 Å². The maximum atomic E-state index is 14.5. The minimum atomic E-state index is -1.07. The standard InChI is InChI=1S/C32H53N5O5/c1-18-21(25(40)34-20(22(38)24(33)39)16-19-12-10-13-19)37(17-32(18)30(8,9)31(32)14-11-15-31)26(41)23(28(2,3)4)35-27(42)36-29(5,6)7/h18-21,23H,10-17H2,1-9H3,(H2,33,39)(H,34,40)(H2,35,36,42). The van der Waals surface area contributed by atoms with E-state index in [0.29, 0.717) is 13.0 Å². The molecule has 0 radical (unpaired) electrons. The molecule has 236 valence electrons. The van der Waals surface area contributed by atoms with E-state index in [2.05, 4.69) is 36.7 Å². The summed E-state index contributed by atoms with van der Waals surface area (Å²) in [4.78, 5) is 68.1. The van der Waals surface area contributed by atoms with Crippen LogP contribution in [0.15, 0.2) is 0 Å². The van der Waals surface area contributed by atoms with Gasteiger partial charge in [0.2, 0.25) is 17.6 Å². The topological polar surface area (TPSA) is 151 Å².